The summed E-state index contributed by atoms with van der Waals surface area (Å²) in [6.45, 7) is 1.99. The number of hydrogen-bond acceptors (Lipinski definition) is 4. The second kappa shape index (κ2) is 9.53. The molecular weight excluding hydrogens is 413 g/mol. The summed E-state index contributed by atoms with van der Waals surface area (Å²) in [7, 11) is 1.62. The molecule has 1 N–H and O–H groups in total. The smallest absolute Gasteiger partial charge is 0.141 e. The molecule has 0 aliphatic rings. The van der Waals surface area contributed by atoms with Crippen LogP contribution in [0, 0.1) is 29.5 Å². The Morgan fingerprint density at radius 3 is 2.61 bits per heavy atom. The van der Waals surface area contributed by atoms with Crippen LogP contribution in [0.15, 0.2) is 72.8 Å². The normalized spacial score (nSPS) is 12.5. The summed E-state index contributed by atoms with van der Waals surface area (Å²) < 4.78 is 19.7. The summed E-state index contributed by atoms with van der Waals surface area (Å²) in [5.41, 5.74) is 2.96. The Labute approximate surface area is 192 Å². The lowest BCUT2D eigenvalue weighted by atomic mass is 10.00. The number of terminal acetylenes is 1. The van der Waals surface area contributed by atoms with Crippen molar-refractivity contribution in [3.05, 3.63) is 95.4 Å². The molecule has 0 saturated heterocycles. The molecule has 4 aromatic rings. The van der Waals surface area contributed by atoms with Gasteiger partial charge in [-0.25, -0.2) is 4.39 Å². The first-order valence-corrected chi connectivity index (χ1v) is 10.5. The van der Waals surface area contributed by atoms with Crippen molar-refractivity contribution in [3.63, 3.8) is 0 Å². The van der Waals surface area contributed by atoms with Crippen LogP contribution in [0.3, 0.4) is 0 Å². The zero-order chi connectivity index (χ0) is 23.4. The number of fused-ring (bicyclic) bond motifs is 1. The van der Waals surface area contributed by atoms with Gasteiger partial charge < -0.3 is 4.74 Å². The van der Waals surface area contributed by atoms with Gasteiger partial charge in [0.05, 0.1) is 30.1 Å². The highest BCUT2D eigenvalue weighted by Crippen LogP contribution is 2.31. The van der Waals surface area contributed by atoms with Crippen molar-refractivity contribution in [2.24, 2.45) is 0 Å². The minimum absolute atomic E-state index is 0.00407. The van der Waals surface area contributed by atoms with Gasteiger partial charge >= 0.3 is 0 Å². The highest BCUT2D eigenvalue weighted by atomic mass is 19.1. The van der Waals surface area contributed by atoms with Gasteiger partial charge in [-0.3, -0.25) is 10.3 Å². The number of aromatic nitrogens is 1. The van der Waals surface area contributed by atoms with Gasteiger partial charge in [-0.15, -0.1) is 6.42 Å². The quantitative estimate of drug-likeness (QED) is 0.381. The second-order valence-corrected chi connectivity index (χ2v) is 7.69. The van der Waals surface area contributed by atoms with Gasteiger partial charge in [0, 0.05) is 17.0 Å². The second-order valence-electron chi connectivity index (χ2n) is 7.69. The number of ether oxygens (including phenoxy) is 1. The molecule has 0 spiro atoms. The minimum Gasteiger partial charge on any atom is -0.497 e. The van der Waals surface area contributed by atoms with Crippen molar-refractivity contribution < 1.29 is 9.13 Å². The molecule has 0 aliphatic carbocycles. The number of benzene rings is 3. The van der Waals surface area contributed by atoms with E-state index < -0.39 is 5.82 Å². The van der Waals surface area contributed by atoms with Crippen LogP contribution in [0.2, 0.25) is 0 Å². The molecule has 4 nitrogen and oxygen atoms in total. The lowest BCUT2D eigenvalue weighted by molar-refractivity contribution is 0.413. The molecular formula is C28H22FN3O. The van der Waals surface area contributed by atoms with Crippen molar-refractivity contribution in [1.82, 2.24) is 10.3 Å². The number of rotatable bonds is 6. The number of nitrogens with zero attached hydrogens (tertiary/aromatic N) is 2. The highest BCUT2D eigenvalue weighted by Gasteiger charge is 2.18. The van der Waals surface area contributed by atoms with Crippen molar-refractivity contribution in [1.29, 1.82) is 5.26 Å². The zero-order valence-electron chi connectivity index (χ0n) is 18.3. The lowest BCUT2D eigenvalue weighted by Gasteiger charge is -2.21. The third-order valence-electron chi connectivity index (χ3n) is 5.58. The molecule has 2 atom stereocenters. The van der Waals surface area contributed by atoms with Crippen LogP contribution in [0.4, 0.5) is 4.39 Å². The molecule has 1 unspecified atom stereocenters. The maximum absolute atomic E-state index is 14.4. The Kier molecular flexibility index (Phi) is 6.36. The number of hydrogen-bond donors (Lipinski definition) is 1. The Hall–Kier alpha value is -4.19. The van der Waals surface area contributed by atoms with E-state index in [9.17, 15) is 4.39 Å². The molecule has 33 heavy (non-hydrogen) atoms. The molecule has 1 heterocycles. The Morgan fingerprint density at radius 1 is 1.06 bits per heavy atom. The fourth-order valence-corrected chi connectivity index (χ4v) is 3.81. The van der Waals surface area contributed by atoms with E-state index in [1.165, 1.54) is 12.1 Å². The topological polar surface area (TPSA) is 57.9 Å². The summed E-state index contributed by atoms with van der Waals surface area (Å²) in [5.74, 6) is 2.97. The van der Waals surface area contributed by atoms with E-state index in [2.05, 4.69) is 11.2 Å². The van der Waals surface area contributed by atoms with Crippen molar-refractivity contribution in [2.45, 2.75) is 19.0 Å². The first kappa shape index (κ1) is 22.0. The van der Waals surface area contributed by atoms with Gasteiger partial charge in [-0.2, -0.15) is 5.26 Å². The van der Waals surface area contributed by atoms with Crippen molar-refractivity contribution >= 4 is 10.8 Å². The van der Waals surface area contributed by atoms with Crippen LogP contribution in [0.5, 0.6) is 5.75 Å². The molecule has 162 valence electrons. The summed E-state index contributed by atoms with van der Waals surface area (Å²) in [6, 6.07) is 23.3. The van der Waals surface area contributed by atoms with Gasteiger partial charge in [0.15, 0.2) is 0 Å². The molecule has 1 aromatic heterocycles. The zero-order valence-corrected chi connectivity index (χ0v) is 18.3. The third kappa shape index (κ3) is 4.55. The molecule has 0 bridgehead atoms. The monoisotopic (exact) mass is 435 g/mol. The molecule has 5 heteroatoms. The van der Waals surface area contributed by atoms with Gasteiger partial charge in [0.2, 0.25) is 0 Å². The molecule has 0 saturated carbocycles. The minimum atomic E-state index is -0.567. The molecule has 4 rings (SSSR count). The van der Waals surface area contributed by atoms with Crippen LogP contribution in [0.1, 0.15) is 35.8 Å². The number of halogens is 1. The van der Waals surface area contributed by atoms with E-state index >= 15 is 0 Å². The predicted molar refractivity (Wildman–Crippen MR) is 128 cm³/mol. The summed E-state index contributed by atoms with van der Waals surface area (Å²) in [5, 5.41) is 14.4. The Bertz CT molecular complexity index is 1400. The highest BCUT2D eigenvalue weighted by molar-refractivity contribution is 5.95. The first-order valence-electron chi connectivity index (χ1n) is 10.5. The van der Waals surface area contributed by atoms with E-state index in [1.54, 1.807) is 13.2 Å². The molecule has 3 aromatic carbocycles. The number of pyridine rings is 1. The van der Waals surface area contributed by atoms with Crippen LogP contribution in [-0.2, 0) is 0 Å². The fourth-order valence-electron chi connectivity index (χ4n) is 3.81. The maximum Gasteiger partial charge on any atom is 0.141 e. The van der Waals surface area contributed by atoms with Crippen LogP contribution in [0.25, 0.3) is 22.0 Å². The lowest BCUT2D eigenvalue weighted by Crippen LogP contribution is -2.24. The average molecular weight is 436 g/mol. The standard InChI is InChI=1S/C28H22FN3O/c1-4-26(20-9-7-10-23(14-20)33-3)31-18(2)27-16-19-8-5-6-11-24(19)28(32-27)21-12-13-22(17-30)25(29)15-21/h1,5-16,18,26,31H,2-3H3/t18?,26-/m1/s1. The van der Waals surface area contributed by atoms with E-state index in [0.29, 0.717) is 11.3 Å². The van der Waals surface area contributed by atoms with Crippen LogP contribution < -0.4 is 10.1 Å². The van der Waals surface area contributed by atoms with Gasteiger partial charge in [0.25, 0.3) is 0 Å². The predicted octanol–water partition coefficient (Wildman–Crippen LogP) is 5.95. The number of nitriles is 1. The first-order chi connectivity index (χ1) is 16.0. The van der Waals surface area contributed by atoms with Gasteiger partial charge in [0.1, 0.15) is 17.6 Å². The average Bonchev–Trinajstić information content (AvgIpc) is 2.86. The molecule has 0 amide bonds. The molecule has 0 fully saturated rings. The van der Waals surface area contributed by atoms with Crippen LogP contribution >= 0.6 is 0 Å². The van der Waals surface area contributed by atoms with Crippen molar-refractivity contribution in [3.8, 4) is 35.4 Å². The van der Waals surface area contributed by atoms with E-state index in [1.807, 2.05) is 67.6 Å². The van der Waals surface area contributed by atoms with E-state index in [0.717, 1.165) is 27.8 Å². The molecule has 0 radical (unpaired) electrons. The maximum atomic E-state index is 14.4. The Balaban J connectivity index is 1.74. The van der Waals surface area contributed by atoms with Gasteiger partial charge in [-0.1, -0.05) is 48.4 Å². The van der Waals surface area contributed by atoms with E-state index in [-0.39, 0.29) is 17.6 Å². The summed E-state index contributed by atoms with van der Waals surface area (Å²) >= 11 is 0. The van der Waals surface area contributed by atoms with Crippen molar-refractivity contribution in [2.75, 3.05) is 7.11 Å². The molecule has 0 aliphatic heterocycles. The number of methoxy groups -OCH3 is 1. The van der Waals surface area contributed by atoms with E-state index in [4.69, 9.17) is 21.4 Å². The van der Waals surface area contributed by atoms with Gasteiger partial charge in [-0.05, 0) is 48.2 Å². The summed E-state index contributed by atoms with van der Waals surface area (Å²) in [4.78, 5) is 4.88. The SMILES string of the molecule is C#C[C@@H](NC(C)c1cc2ccccc2c(-c2ccc(C#N)c(F)c2)n1)c1cccc(OC)c1. The van der Waals surface area contributed by atoms with Crippen LogP contribution in [-0.4, -0.2) is 12.1 Å². The largest absolute Gasteiger partial charge is 0.497 e. The fraction of sp³-hybridized carbons (Fsp3) is 0.143. The number of nitrogens with one attached hydrogen (secondary N) is 1. The Morgan fingerprint density at radius 2 is 1.88 bits per heavy atom. The summed E-state index contributed by atoms with van der Waals surface area (Å²) in [6.07, 6.45) is 5.84. The third-order valence-corrected chi connectivity index (χ3v) is 5.58.